The molecule has 3 fully saturated rings. The number of carbonyl (C=O) groups excluding carboxylic acids is 1. The molecule has 23 heavy (non-hydrogen) atoms. The normalized spacial score (nSPS) is 26.0. The number of rotatable bonds is 4. The molecule has 0 N–H and O–H groups in total. The Morgan fingerprint density at radius 2 is 2.04 bits per heavy atom. The fourth-order valence-electron chi connectivity index (χ4n) is 3.84. The molecule has 1 amide bonds. The molecule has 6 nitrogen and oxygen atoms in total. The van der Waals surface area contributed by atoms with Crippen LogP contribution in [0.4, 0.5) is 0 Å². The minimum Gasteiger partial charge on any atom is -0.368 e. The molecule has 3 heterocycles. The molecule has 1 saturated carbocycles. The molecule has 1 aromatic heterocycles. The quantitative estimate of drug-likeness (QED) is 0.835. The van der Waals surface area contributed by atoms with E-state index in [-0.39, 0.29) is 12.0 Å². The fourth-order valence-corrected chi connectivity index (χ4v) is 3.84. The number of nitrogens with zero attached hydrogens (tertiary/aromatic N) is 4. The minimum atomic E-state index is -0.179. The third-order valence-electron chi connectivity index (χ3n) is 5.31. The van der Waals surface area contributed by atoms with Gasteiger partial charge in [0.25, 0.3) is 5.91 Å². The van der Waals surface area contributed by atoms with Crippen molar-refractivity contribution < 1.29 is 9.53 Å². The van der Waals surface area contributed by atoms with Gasteiger partial charge in [-0.2, -0.15) is 5.10 Å². The summed E-state index contributed by atoms with van der Waals surface area (Å²) >= 11 is 0. The molecule has 0 radical (unpaired) electrons. The topological polar surface area (TPSA) is 50.6 Å². The molecule has 2 saturated heterocycles. The summed E-state index contributed by atoms with van der Waals surface area (Å²) in [4.78, 5) is 16.8. The standard InChI is InChI=1S/C17H26N4O2/c1-19-16(13-4-5-13)14(11-18-19)12-20-6-8-21(9-7-20)17(22)15-3-2-10-23-15/h11,13,15H,2-10,12H2,1H3. The van der Waals surface area contributed by atoms with Gasteiger partial charge in [-0.1, -0.05) is 0 Å². The van der Waals surface area contributed by atoms with Crippen LogP contribution in [0.1, 0.15) is 42.9 Å². The Kier molecular flexibility index (Phi) is 4.11. The highest BCUT2D eigenvalue weighted by atomic mass is 16.5. The lowest BCUT2D eigenvalue weighted by Gasteiger charge is -2.35. The van der Waals surface area contributed by atoms with Crippen molar-refractivity contribution in [1.29, 1.82) is 0 Å². The van der Waals surface area contributed by atoms with E-state index in [0.29, 0.717) is 0 Å². The molecule has 1 aliphatic carbocycles. The van der Waals surface area contributed by atoms with Crippen molar-refractivity contribution in [2.45, 2.75) is 44.2 Å². The maximum absolute atomic E-state index is 12.4. The lowest BCUT2D eigenvalue weighted by molar-refractivity contribution is -0.142. The van der Waals surface area contributed by atoms with Gasteiger partial charge in [0, 0.05) is 63.6 Å². The monoisotopic (exact) mass is 318 g/mol. The van der Waals surface area contributed by atoms with Crippen LogP contribution in [0.15, 0.2) is 6.20 Å². The van der Waals surface area contributed by atoms with E-state index in [4.69, 9.17) is 4.74 Å². The zero-order valence-electron chi connectivity index (χ0n) is 13.9. The number of carbonyl (C=O) groups is 1. The van der Waals surface area contributed by atoms with Crippen molar-refractivity contribution in [3.8, 4) is 0 Å². The number of hydrogen-bond acceptors (Lipinski definition) is 4. The molecular formula is C17H26N4O2. The summed E-state index contributed by atoms with van der Waals surface area (Å²) in [5.74, 6) is 0.919. The summed E-state index contributed by atoms with van der Waals surface area (Å²) < 4.78 is 7.57. The molecule has 6 heteroatoms. The number of hydrogen-bond donors (Lipinski definition) is 0. The molecule has 0 aromatic carbocycles. The van der Waals surface area contributed by atoms with E-state index in [1.807, 2.05) is 15.8 Å². The van der Waals surface area contributed by atoms with Gasteiger partial charge in [-0.3, -0.25) is 14.4 Å². The third kappa shape index (κ3) is 3.15. The van der Waals surface area contributed by atoms with E-state index in [1.165, 1.54) is 24.1 Å². The van der Waals surface area contributed by atoms with Crippen molar-refractivity contribution in [2.24, 2.45) is 7.05 Å². The Morgan fingerprint density at radius 3 is 2.70 bits per heavy atom. The number of ether oxygens (including phenoxy) is 1. The maximum Gasteiger partial charge on any atom is 0.251 e. The van der Waals surface area contributed by atoms with E-state index in [0.717, 1.165) is 58.1 Å². The number of amides is 1. The molecule has 4 rings (SSSR count). The molecule has 1 aromatic rings. The second-order valence-corrected chi connectivity index (χ2v) is 7.06. The molecule has 0 spiro atoms. The van der Waals surface area contributed by atoms with Crippen molar-refractivity contribution in [3.63, 3.8) is 0 Å². The Morgan fingerprint density at radius 1 is 1.26 bits per heavy atom. The highest BCUT2D eigenvalue weighted by molar-refractivity contribution is 5.81. The first-order valence-corrected chi connectivity index (χ1v) is 8.86. The largest absolute Gasteiger partial charge is 0.368 e. The van der Waals surface area contributed by atoms with Crippen LogP contribution in [0.5, 0.6) is 0 Å². The molecule has 0 bridgehead atoms. The van der Waals surface area contributed by atoms with Gasteiger partial charge >= 0.3 is 0 Å². The predicted octanol–water partition coefficient (Wildman–Crippen LogP) is 1.12. The first kappa shape index (κ1) is 15.1. The molecule has 2 aliphatic heterocycles. The lowest BCUT2D eigenvalue weighted by atomic mass is 10.1. The average molecular weight is 318 g/mol. The van der Waals surface area contributed by atoms with Crippen LogP contribution in [-0.2, 0) is 23.1 Å². The molecule has 1 unspecified atom stereocenters. The second-order valence-electron chi connectivity index (χ2n) is 7.06. The van der Waals surface area contributed by atoms with Crippen LogP contribution in [-0.4, -0.2) is 64.4 Å². The van der Waals surface area contributed by atoms with Crippen LogP contribution < -0.4 is 0 Å². The number of aromatic nitrogens is 2. The number of aryl methyl sites for hydroxylation is 1. The first-order valence-electron chi connectivity index (χ1n) is 8.86. The van der Waals surface area contributed by atoms with E-state index in [2.05, 4.69) is 17.0 Å². The minimum absolute atomic E-state index is 0.179. The summed E-state index contributed by atoms with van der Waals surface area (Å²) in [6.45, 7) is 5.22. The summed E-state index contributed by atoms with van der Waals surface area (Å²) in [5.41, 5.74) is 2.79. The van der Waals surface area contributed by atoms with E-state index < -0.39 is 0 Å². The number of piperazine rings is 1. The lowest BCUT2D eigenvalue weighted by Crippen LogP contribution is -2.51. The van der Waals surface area contributed by atoms with Crippen LogP contribution in [0.2, 0.25) is 0 Å². The van der Waals surface area contributed by atoms with Crippen LogP contribution in [0.3, 0.4) is 0 Å². The van der Waals surface area contributed by atoms with Crippen molar-refractivity contribution in [2.75, 3.05) is 32.8 Å². The van der Waals surface area contributed by atoms with E-state index in [9.17, 15) is 4.79 Å². The molecular weight excluding hydrogens is 292 g/mol. The predicted molar refractivity (Wildman–Crippen MR) is 86.0 cm³/mol. The summed E-state index contributed by atoms with van der Waals surface area (Å²) in [5, 5.41) is 4.45. The summed E-state index contributed by atoms with van der Waals surface area (Å²) in [7, 11) is 2.05. The zero-order chi connectivity index (χ0) is 15.8. The molecule has 126 valence electrons. The van der Waals surface area contributed by atoms with Crippen LogP contribution >= 0.6 is 0 Å². The fraction of sp³-hybridized carbons (Fsp3) is 0.765. The average Bonchev–Trinajstić information content (AvgIpc) is 3.11. The van der Waals surface area contributed by atoms with E-state index >= 15 is 0 Å². The second kappa shape index (κ2) is 6.24. The maximum atomic E-state index is 12.4. The zero-order valence-corrected chi connectivity index (χ0v) is 13.9. The van der Waals surface area contributed by atoms with Gasteiger partial charge in [-0.25, -0.2) is 0 Å². The van der Waals surface area contributed by atoms with Gasteiger partial charge < -0.3 is 9.64 Å². The van der Waals surface area contributed by atoms with Crippen molar-refractivity contribution in [3.05, 3.63) is 17.5 Å². The van der Waals surface area contributed by atoms with Gasteiger partial charge in [0.1, 0.15) is 6.10 Å². The van der Waals surface area contributed by atoms with Crippen molar-refractivity contribution >= 4 is 5.91 Å². The van der Waals surface area contributed by atoms with Gasteiger partial charge in [-0.05, 0) is 25.7 Å². The Labute approximate surface area is 137 Å². The molecule has 1 atom stereocenters. The third-order valence-corrected chi connectivity index (χ3v) is 5.31. The highest BCUT2D eigenvalue weighted by Gasteiger charge is 2.32. The summed E-state index contributed by atoms with van der Waals surface area (Å²) in [6, 6.07) is 0. The van der Waals surface area contributed by atoms with Gasteiger partial charge in [-0.15, -0.1) is 0 Å². The van der Waals surface area contributed by atoms with Crippen molar-refractivity contribution in [1.82, 2.24) is 19.6 Å². The van der Waals surface area contributed by atoms with Crippen LogP contribution in [0.25, 0.3) is 0 Å². The Bertz CT molecular complexity index is 567. The van der Waals surface area contributed by atoms with Crippen LogP contribution in [0, 0.1) is 0 Å². The van der Waals surface area contributed by atoms with Gasteiger partial charge in [0.2, 0.25) is 0 Å². The smallest absolute Gasteiger partial charge is 0.251 e. The highest BCUT2D eigenvalue weighted by Crippen LogP contribution is 2.41. The SMILES string of the molecule is Cn1ncc(CN2CCN(C(=O)C3CCCO3)CC2)c1C1CC1. The van der Waals surface area contributed by atoms with E-state index in [1.54, 1.807) is 0 Å². The summed E-state index contributed by atoms with van der Waals surface area (Å²) in [6.07, 6.45) is 6.35. The van der Waals surface area contributed by atoms with Gasteiger partial charge in [0.15, 0.2) is 0 Å². The first-order chi connectivity index (χ1) is 11.2. The molecule has 3 aliphatic rings. The Balaban J connectivity index is 1.32. The van der Waals surface area contributed by atoms with Gasteiger partial charge in [0.05, 0.1) is 6.20 Å². The Hall–Kier alpha value is -1.40.